The summed E-state index contributed by atoms with van der Waals surface area (Å²) < 4.78 is 3.71. The second kappa shape index (κ2) is 5.18. The topological polar surface area (TPSA) is 73.3 Å². The van der Waals surface area contributed by atoms with Gasteiger partial charge in [-0.05, 0) is 31.4 Å². The largest absolute Gasteiger partial charge is 0.290 e. The van der Waals surface area contributed by atoms with Crippen molar-refractivity contribution in [2.24, 2.45) is 0 Å². The molecule has 0 aliphatic carbocycles. The van der Waals surface area contributed by atoms with Gasteiger partial charge in [0.1, 0.15) is 11.4 Å². The molecule has 5 rings (SSSR count). The zero-order valence-corrected chi connectivity index (χ0v) is 14.4. The van der Waals surface area contributed by atoms with Gasteiger partial charge < -0.3 is 0 Å². The van der Waals surface area contributed by atoms with Crippen LogP contribution in [0.25, 0.3) is 33.5 Å². The van der Waals surface area contributed by atoms with Gasteiger partial charge in [-0.2, -0.15) is 0 Å². The van der Waals surface area contributed by atoms with Crippen molar-refractivity contribution in [3.8, 4) is 22.1 Å². The molecule has 5 heterocycles. The van der Waals surface area contributed by atoms with Crippen LogP contribution >= 0.6 is 11.3 Å². The Morgan fingerprint density at radius 3 is 2.72 bits per heavy atom. The zero-order valence-electron chi connectivity index (χ0n) is 13.6. The number of imidazole rings is 1. The normalized spacial score (nSPS) is 11.6. The van der Waals surface area contributed by atoms with Crippen LogP contribution in [0.15, 0.2) is 42.2 Å². The van der Waals surface area contributed by atoms with Gasteiger partial charge in [0.05, 0.1) is 16.3 Å². The summed E-state index contributed by atoms with van der Waals surface area (Å²) in [7, 11) is 0. The Balaban J connectivity index is 1.66. The first-order chi connectivity index (χ1) is 12.2. The molecule has 0 saturated carbocycles. The van der Waals surface area contributed by atoms with Gasteiger partial charge in [-0.25, -0.2) is 19.5 Å². The molecule has 122 valence electrons. The molecule has 8 heteroatoms. The van der Waals surface area contributed by atoms with E-state index in [0.29, 0.717) is 17.3 Å². The van der Waals surface area contributed by atoms with Gasteiger partial charge >= 0.3 is 0 Å². The number of fused-ring (bicyclic) bond motifs is 2. The van der Waals surface area contributed by atoms with Gasteiger partial charge in [0.15, 0.2) is 5.65 Å². The molecule has 0 spiro atoms. The van der Waals surface area contributed by atoms with Crippen molar-refractivity contribution in [3.05, 3.63) is 53.6 Å². The molecule has 5 aromatic heterocycles. The molecule has 0 bridgehead atoms. The number of rotatable bonds is 2. The summed E-state index contributed by atoms with van der Waals surface area (Å²) >= 11 is 1.66. The third-order valence-corrected chi connectivity index (χ3v) is 4.93. The first-order valence-electron chi connectivity index (χ1n) is 7.78. The molecule has 0 atom stereocenters. The highest BCUT2D eigenvalue weighted by Crippen LogP contribution is 2.24. The molecule has 0 N–H and O–H groups in total. The van der Waals surface area contributed by atoms with Crippen LogP contribution in [-0.2, 0) is 0 Å². The van der Waals surface area contributed by atoms with Gasteiger partial charge in [0.2, 0.25) is 11.6 Å². The molecule has 0 aromatic carbocycles. The molecule has 0 aliphatic rings. The first kappa shape index (κ1) is 14.2. The van der Waals surface area contributed by atoms with Crippen molar-refractivity contribution in [1.29, 1.82) is 0 Å². The van der Waals surface area contributed by atoms with E-state index >= 15 is 0 Å². The van der Waals surface area contributed by atoms with E-state index in [1.54, 1.807) is 22.0 Å². The maximum Gasteiger partial charge on any atom is 0.235 e. The fraction of sp³-hybridized carbons (Fsp3) is 0.118. The summed E-state index contributed by atoms with van der Waals surface area (Å²) in [6.07, 6.45) is 5.71. The van der Waals surface area contributed by atoms with Crippen molar-refractivity contribution in [2.45, 2.75) is 13.8 Å². The predicted octanol–water partition coefficient (Wildman–Crippen LogP) is 3.18. The van der Waals surface area contributed by atoms with Crippen LogP contribution in [0, 0.1) is 13.8 Å². The lowest BCUT2D eigenvalue weighted by atomic mass is 10.4. The van der Waals surface area contributed by atoms with Gasteiger partial charge in [-0.15, -0.1) is 16.4 Å². The van der Waals surface area contributed by atoms with Crippen molar-refractivity contribution in [2.75, 3.05) is 0 Å². The molecule has 0 radical (unpaired) electrons. The van der Waals surface area contributed by atoms with Crippen molar-refractivity contribution < 1.29 is 0 Å². The van der Waals surface area contributed by atoms with Crippen molar-refractivity contribution in [1.82, 2.24) is 34.0 Å². The molecule has 0 fully saturated rings. The van der Waals surface area contributed by atoms with Gasteiger partial charge in [-0.3, -0.25) is 9.38 Å². The van der Waals surface area contributed by atoms with E-state index in [9.17, 15) is 0 Å². The summed E-state index contributed by atoms with van der Waals surface area (Å²) in [5.74, 6) is 1.20. The van der Waals surface area contributed by atoms with Crippen LogP contribution in [0.1, 0.15) is 11.4 Å². The molecule has 0 amide bonds. The second-order valence-electron chi connectivity index (χ2n) is 5.78. The lowest BCUT2D eigenvalue weighted by molar-refractivity contribution is 0.889. The minimum atomic E-state index is 0.572. The van der Waals surface area contributed by atoms with E-state index in [1.165, 1.54) is 0 Å². The lowest BCUT2D eigenvalue weighted by Gasteiger charge is -1.97. The highest BCUT2D eigenvalue weighted by molar-refractivity contribution is 7.13. The Morgan fingerprint density at radius 2 is 1.92 bits per heavy atom. The average Bonchev–Trinajstić information content (AvgIpc) is 3.36. The van der Waals surface area contributed by atoms with E-state index in [-0.39, 0.29) is 0 Å². The standard InChI is InChI=1S/C17H13N7S/c1-10-8-18-11(2)16-21-15(22-24(10)16)12-5-6-23-9-13(20-17(23)19-12)14-4-3-7-25-14/h3-9H,1-2H3. The Morgan fingerprint density at radius 1 is 1.04 bits per heavy atom. The third-order valence-electron chi connectivity index (χ3n) is 4.04. The maximum absolute atomic E-state index is 4.63. The smallest absolute Gasteiger partial charge is 0.235 e. The highest BCUT2D eigenvalue weighted by atomic mass is 32.1. The molecule has 25 heavy (non-hydrogen) atoms. The summed E-state index contributed by atoms with van der Waals surface area (Å²) in [6.45, 7) is 3.88. The number of hydrogen-bond acceptors (Lipinski definition) is 6. The fourth-order valence-electron chi connectivity index (χ4n) is 2.74. The quantitative estimate of drug-likeness (QED) is 0.490. The highest BCUT2D eigenvalue weighted by Gasteiger charge is 2.13. The molecular formula is C17H13N7S. The predicted molar refractivity (Wildman–Crippen MR) is 95.6 cm³/mol. The zero-order chi connectivity index (χ0) is 17.0. The van der Waals surface area contributed by atoms with E-state index in [1.807, 2.05) is 48.2 Å². The third kappa shape index (κ3) is 2.22. The fourth-order valence-corrected chi connectivity index (χ4v) is 3.42. The summed E-state index contributed by atoms with van der Waals surface area (Å²) in [5.41, 5.74) is 4.13. The van der Waals surface area contributed by atoms with Gasteiger partial charge in [0.25, 0.3) is 0 Å². The van der Waals surface area contributed by atoms with Crippen LogP contribution < -0.4 is 0 Å². The first-order valence-corrected chi connectivity index (χ1v) is 8.66. The van der Waals surface area contributed by atoms with Crippen LogP contribution in [0.4, 0.5) is 0 Å². The van der Waals surface area contributed by atoms with E-state index in [4.69, 9.17) is 0 Å². The molecule has 5 aromatic rings. The number of nitrogens with zero attached hydrogens (tertiary/aromatic N) is 7. The van der Waals surface area contributed by atoms with Crippen molar-refractivity contribution in [3.63, 3.8) is 0 Å². The van der Waals surface area contributed by atoms with Gasteiger partial charge in [0, 0.05) is 18.6 Å². The lowest BCUT2D eigenvalue weighted by Crippen LogP contribution is -1.97. The Kier molecular flexibility index (Phi) is 2.95. The number of aromatic nitrogens is 7. The van der Waals surface area contributed by atoms with Crippen LogP contribution in [0.5, 0.6) is 0 Å². The van der Waals surface area contributed by atoms with Crippen LogP contribution in [-0.4, -0.2) is 34.0 Å². The summed E-state index contributed by atoms with van der Waals surface area (Å²) in [5, 5.41) is 6.61. The molecule has 0 saturated heterocycles. The number of hydrogen-bond donors (Lipinski definition) is 0. The van der Waals surface area contributed by atoms with E-state index < -0.39 is 0 Å². The van der Waals surface area contributed by atoms with Crippen LogP contribution in [0.3, 0.4) is 0 Å². The Hall–Kier alpha value is -3.13. The maximum atomic E-state index is 4.63. The SMILES string of the molecule is Cc1ncc(C)n2nc(-c3ccn4cc(-c5cccs5)nc4n3)nc12. The van der Waals surface area contributed by atoms with Crippen LogP contribution in [0.2, 0.25) is 0 Å². The molecule has 0 unspecified atom stereocenters. The molecule has 7 nitrogen and oxygen atoms in total. The Bertz CT molecular complexity index is 1180. The second-order valence-corrected chi connectivity index (χ2v) is 6.73. The minimum Gasteiger partial charge on any atom is -0.290 e. The minimum absolute atomic E-state index is 0.572. The molecule has 0 aliphatic heterocycles. The number of aryl methyl sites for hydroxylation is 2. The Labute approximate surface area is 146 Å². The van der Waals surface area contributed by atoms with E-state index in [0.717, 1.165) is 27.6 Å². The summed E-state index contributed by atoms with van der Waals surface area (Å²) in [6, 6.07) is 5.97. The van der Waals surface area contributed by atoms with Crippen molar-refractivity contribution >= 4 is 22.8 Å². The van der Waals surface area contributed by atoms with Gasteiger partial charge in [-0.1, -0.05) is 6.07 Å². The molecular weight excluding hydrogens is 334 g/mol. The monoisotopic (exact) mass is 347 g/mol. The van der Waals surface area contributed by atoms with E-state index in [2.05, 4.69) is 31.1 Å². The summed E-state index contributed by atoms with van der Waals surface area (Å²) in [4.78, 5) is 19.3. The number of thiophene rings is 1. The average molecular weight is 347 g/mol.